The van der Waals surface area contributed by atoms with Gasteiger partial charge in [-0.15, -0.1) is 0 Å². The van der Waals surface area contributed by atoms with Crippen molar-refractivity contribution in [2.75, 3.05) is 20.3 Å². The van der Waals surface area contributed by atoms with Gasteiger partial charge < -0.3 is 14.2 Å². The Balaban J connectivity index is 3.07. The molecule has 6 nitrogen and oxygen atoms in total. The fourth-order valence-electron chi connectivity index (χ4n) is 1.96. The van der Waals surface area contributed by atoms with E-state index < -0.39 is 23.1 Å². The Morgan fingerprint density at radius 1 is 1.21 bits per heavy atom. The molecule has 0 heterocycles. The van der Waals surface area contributed by atoms with E-state index in [4.69, 9.17) is 14.2 Å². The van der Waals surface area contributed by atoms with Gasteiger partial charge in [0.15, 0.2) is 5.76 Å². The molecule has 0 saturated heterocycles. The monoisotopic (exact) mass is 270 g/mol. The molecular formula is C13H18O6. The van der Waals surface area contributed by atoms with Gasteiger partial charge >= 0.3 is 11.9 Å². The highest BCUT2D eigenvalue weighted by molar-refractivity contribution is 6.17. The molecular weight excluding hydrogens is 252 g/mol. The summed E-state index contributed by atoms with van der Waals surface area (Å²) in [6, 6.07) is 0. The lowest BCUT2D eigenvalue weighted by molar-refractivity contribution is -0.157. The van der Waals surface area contributed by atoms with Gasteiger partial charge in [0, 0.05) is 6.42 Å². The molecule has 106 valence electrons. The average Bonchev–Trinajstić information content (AvgIpc) is 2.64. The van der Waals surface area contributed by atoms with Crippen LogP contribution in [0.1, 0.15) is 27.2 Å². The quantitative estimate of drug-likeness (QED) is 0.547. The van der Waals surface area contributed by atoms with E-state index in [0.29, 0.717) is 0 Å². The molecule has 0 aliphatic heterocycles. The number of Topliss-reactive ketones (excluding diaryl/α,β-unsaturated/α-hetero) is 1. The largest absolute Gasteiger partial charge is 0.492 e. The van der Waals surface area contributed by atoms with Crippen LogP contribution in [0.15, 0.2) is 11.3 Å². The highest BCUT2D eigenvalue weighted by atomic mass is 16.5. The Hall–Kier alpha value is -1.85. The van der Waals surface area contributed by atoms with Crippen LogP contribution in [0.5, 0.6) is 0 Å². The van der Waals surface area contributed by atoms with Crippen molar-refractivity contribution in [3.63, 3.8) is 0 Å². The van der Waals surface area contributed by atoms with Gasteiger partial charge in [-0.1, -0.05) is 0 Å². The van der Waals surface area contributed by atoms with E-state index in [2.05, 4.69) is 0 Å². The number of esters is 2. The molecule has 0 amide bonds. The van der Waals surface area contributed by atoms with Crippen molar-refractivity contribution >= 4 is 17.7 Å². The normalized spacial score (nSPS) is 22.4. The van der Waals surface area contributed by atoms with Crippen LogP contribution >= 0.6 is 0 Å². The van der Waals surface area contributed by atoms with Crippen molar-refractivity contribution in [3.05, 3.63) is 11.3 Å². The predicted molar refractivity (Wildman–Crippen MR) is 65.0 cm³/mol. The molecule has 0 radical (unpaired) electrons. The Bertz CT molecular complexity index is 436. The van der Waals surface area contributed by atoms with Crippen LogP contribution in [0, 0.1) is 5.41 Å². The first kappa shape index (κ1) is 15.2. The van der Waals surface area contributed by atoms with Crippen molar-refractivity contribution in [2.45, 2.75) is 27.2 Å². The summed E-state index contributed by atoms with van der Waals surface area (Å²) in [5.74, 6) is -1.96. The zero-order chi connectivity index (χ0) is 14.6. The maximum absolute atomic E-state index is 12.2. The van der Waals surface area contributed by atoms with Gasteiger partial charge in [-0.05, 0) is 20.8 Å². The van der Waals surface area contributed by atoms with E-state index in [1.54, 1.807) is 13.8 Å². The number of carbonyl (C=O) groups is 3. The second-order valence-corrected chi connectivity index (χ2v) is 4.29. The van der Waals surface area contributed by atoms with Crippen LogP contribution in [0.3, 0.4) is 0 Å². The third-order valence-electron chi connectivity index (χ3n) is 2.96. The third-order valence-corrected chi connectivity index (χ3v) is 2.96. The Morgan fingerprint density at radius 3 is 2.26 bits per heavy atom. The van der Waals surface area contributed by atoms with Crippen molar-refractivity contribution in [1.29, 1.82) is 0 Å². The van der Waals surface area contributed by atoms with Crippen molar-refractivity contribution < 1.29 is 28.6 Å². The van der Waals surface area contributed by atoms with Crippen LogP contribution in [0.25, 0.3) is 0 Å². The van der Waals surface area contributed by atoms with Crippen LogP contribution in [0.2, 0.25) is 0 Å². The second-order valence-electron chi connectivity index (χ2n) is 4.29. The molecule has 0 bridgehead atoms. The molecule has 19 heavy (non-hydrogen) atoms. The molecule has 1 atom stereocenters. The standard InChI is InChI=1S/C13H18O6/c1-5-18-11(15)8-7-13(3,12(16)19-6-2)10(14)9(8)17-4/h5-7H2,1-4H3. The number of methoxy groups -OCH3 is 1. The molecule has 0 aromatic carbocycles. The first-order valence-electron chi connectivity index (χ1n) is 6.08. The lowest BCUT2D eigenvalue weighted by Gasteiger charge is -2.19. The van der Waals surface area contributed by atoms with E-state index >= 15 is 0 Å². The van der Waals surface area contributed by atoms with E-state index in [1.807, 2.05) is 0 Å². The fraction of sp³-hybridized carbons (Fsp3) is 0.615. The Kier molecular flexibility index (Phi) is 4.69. The molecule has 0 aromatic rings. The van der Waals surface area contributed by atoms with Gasteiger partial charge in [-0.3, -0.25) is 9.59 Å². The highest BCUT2D eigenvalue weighted by Crippen LogP contribution is 2.40. The predicted octanol–water partition coefficient (Wildman–Crippen LogP) is 0.992. The minimum Gasteiger partial charge on any atom is -0.492 e. The number of allylic oxidation sites excluding steroid dienone is 1. The number of rotatable bonds is 5. The summed E-state index contributed by atoms with van der Waals surface area (Å²) in [6.45, 7) is 5.10. The van der Waals surface area contributed by atoms with Crippen molar-refractivity contribution in [3.8, 4) is 0 Å². The van der Waals surface area contributed by atoms with E-state index in [-0.39, 0.29) is 31.0 Å². The minimum absolute atomic E-state index is 0.0628. The fourth-order valence-corrected chi connectivity index (χ4v) is 1.96. The van der Waals surface area contributed by atoms with Gasteiger partial charge in [-0.2, -0.15) is 0 Å². The summed E-state index contributed by atoms with van der Waals surface area (Å²) in [7, 11) is 1.28. The summed E-state index contributed by atoms with van der Waals surface area (Å²) in [5.41, 5.74) is -1.33. The van der Waals surface area contributed by atoms with Crippen molar-refractivity contribution in [1.82, 2.24) is 0 Å². The van der Waals surface area contributed by atoms with Crippen LogP contribution in [-0.2, 0) is 28.6 Å². The average molecular weight is 270 g/mol. The number of hydrogen-bond donors (Lipinski definition) is 0. The van der Waals surface area contributed by atoms with E-state index in [0.717, 1.165) is 0 Å². The molecule has 1 rings (SSSR count). The lowest BCUT2D eigenvalue weighted by atomic mass is 9.85. The smallest absolute Gasteiger partial charge is 0.337 e. The zero-order valence-corrected chi connectivity index (χ0v) is 11.6. The van der Waals surface area contributed by atoms with Gasteiger partial charge in [0.25, 0.3) is 0 Å². The topological polar surface area (TPSA) is 78.9 Å². The molecule has 1 aliphatic carbocycles. The first-order valence-corrected chi connectivity index (χ1v) is 6.08. The molecule has 0 aromatic heterocycles. The summed E-state index contributed by atoms with van der Waals surface area (Å²) < 4.78 is 14.7. The molecule has 1 aliphatic rings. The van der Waals surface area contributed by atoms with E-state index in [1.165, 1.54) is 14.0 Å². The molecule has 0 N–H and O–H groups in total. The molecule has 6 heteroatoms. The van der Waals surface area contributed by atoms with Gasteiger partial charge in [0.1, 0.15) is 5.41 Å². The minimum atomic E-state index is -1.41. The number of hydrogen-bond acceptors (Lipinski definition) is 6. The maximum atomic E-state index is 12.2. The van der Waals surface area contributed by atoms with Crippen LogP contribution in [-0.4, -0.2) is 38.0 Å². The summed E-state index contributed by atoms with van der Waals surface area (Å²) in [5, 5.41) is 0. The van der Waals surface area contributed by atoms with Crippen LogP contribution < -0.4 is 0 Å². The zero-order valence-electron chi connectivity index (χ0n) is 11.6. The molecule has 1 unspecified atom stereocenters. The van der Waals surface area contributed by atoms with Gasteiger partial charge in [-0.25, -0.2) is 4.79 Å². The third kappa shape index (κ3) is 2.62. The lowest BCUT2D eigenvalue weighted by Crippen LogP contribution is -2.35. The van der Waals surface area contributed by atoms with Crippen LogP contribution in [0.4, 0.5) is 0 Å². The molecule has 0 saturated carbocycles. The Morgan fingerprint density at radius 2 is 1.79 bits per heavy atom. The highest BCUT2D eigenvalue weighted by Gasteiger charge is 2.53. The van der Waals surface area contributed by atoms with Gasteiger partial charge in [0.05, 0.1) is 25.9 Å². The summed E-state index contributed by atoms with van der Waals surface area (Å²) in [6.07, 6.45) is -0.0628. The Labute approximate surface area is 111 Å². The number of ketones is 1. The van der Waals surface area contributed by atoms with Crippen molar-refractivity contribution in [2.24, 2.45) is 5.41 Å². The number of ether oxygens (including phenoxy) is 3. The molecule has 0 fully saturated rings. The second kappa shape index (κ2) is 5.86. The first-order chi connectivity index (χ1) is 8.92. The number of carbonyl (C=O) groups excluding carboxylic acids is 3. The van der Waals surface area contributed by atoms with E-state index in [9.17, 15) is 14.4 Å². The summed E-state index contributed by atoms with van der Waals surface area (Å²) >= 11 is 0. The van der Waals surface area contributed by atoms with Gasteiger partial charge in [0.2, 0.25) is 5.78 Å². The molecule has 0 spiro atoms. The SMILES string of the molecule is CCOC(=O)C1=C(OC)C(=O)C(C)(C(=O)OCC)C1. The summed E-state index contributed by atoms with van der Waals surface area (Å²) in [4.78, 5) is 35.9. The maximum Gasteiger partial charge on any atom is 0.337 e.